The minimum Gasteiger partial charge on any atom is -0.488 e. The molecule has 1 N–H and O–H groups in total. The largest absolute Gasteiger partial charge is 0.488 e. The van der Waals surface area contributed by atoms with E-state index >= 15 is 0 Å². The second-order valence-corrected chi connectivity index (χ2v) is 19.5. The molecule has 318 valence electrons. The number of Topliss-reactive ketones (excluding diaryl/α,β-unsaturated/α-hetero) is 1. The first-order valence-electron chi connectivity index (χ1n) is 19.7. The Bertz CT molecular complexity index is 2000. The summed E-state index contributed by atoms with van der Waals surface area (Å²) >= 11 is 1.35. The highest BCUT2D eigenvalue weighted by atomic mass is 32.2. The van der Waals surface area contributed by atoms with E-state index in [1.54, 1.807) is 23.7 Å². The highest BCUT2D eigenvalue weighted by Gasteiger charge is 2.62. The highest BCUT2D eigenvalue weighted by molar-refractivity contribution is 7.90. The van der Waals surface area contributed by atoms with E-state index in [2.05, 4.69) is 14.7 Å². The number of carbonyl (C=O) groups excluding carboxylic acids is 4. The van der Waals surface area contributed by atoms with Crippen LogP contribution in [0.25, 0.3) is 10.7 Å². The summed E-state index contributed by atoms with van der Waals surface area (Å²) in [5.41, 5.74) is -3.72. The molecule has 7 atom stereocenters. The number of hydrogen-bond acceptors (Lipinski definition) is 12. The Morgan fingerprint density at radius 1 is 1.12 bits per heavy atom. The number of nitrogens with one attached hydrogen (secondary N) is 1. The van der Waals surface area contributed by atoms with E-state index < -0.39 is 92.4 Å². The van der Waals surface area contributed by atoms with Gasteiger partial charge in [-0.05, 0) is 70.1 Å². The van der Waals surface area contributed by atoms with Crippen molar-refractivity contribution >= 4 is 44.9 Å². The van der Waals surface area contributed by atoms with Crippen molar-refractivity contribution in [3.63, 3.8) is 0 Å². The Labute approximate surface area is 340 Å². The third kappa shape index (κ3) is 9.69. The fraction of sp³-hybridized carbons (Fsp3) is 0.650. The maximum absolute atomic E-state index is 14.9. The Hall–Kier alpha value is -4.06. The molecule has 18 heteroatoms. The molecule has 4 heterocycles. The molecule has 2 aromatic rings. The van der Waals surface area contributed by atoms with Crippen LogP contribution in [-0.4, -0.2) is 89.7 Å². The number of methoxy groups -OCH3 is 1. The van der Waals surface area contributed by atoms with Crippen molar-refractivity contribution in [1.29, 1.82) is 0 Å². The van der Waals surface area contributed by atoms with Crippen LogP contribution >= 0.6 is 11.3 Å². The van der Waals surface area contributed by atoms with Crippen molar-refractivity contribution in [1.82, 2.24) is 19.6 Å². The van der Waals surface area contributed by atoms with Gasteiger partial charge in [0.25, 0.3) is 0 Å². The van der Waals surface area contributed by atoms with Crippen molar-refractivity contribution in [2.45, 2.75) is 121 Å². The van der Waals surface area contributed by atoms with Crippen LogP contribution in [0.3, 0.4) is 0 Å². The van der Waals surface area contributed by atoms with Crippen molar-refractivity contribution in [3.8, 4) is 22.3 Å². The van der Waals surface area contributed by atoms with Crippen LogP contribution in [0.5, 0.6) is 11.6 Å². The zero-order valence-electron chi connectivity index (χ0n) is 33.2. The monoisotopic (exact) mass is 852 g/mol. The minimum absolute atomic E-state index is 0.0220. The number of halogens is 3. The molecular formula is C40H51F3N4O9S2. The van der Waals surface area contributed by atoms with E-state index in [1.165, 1.54) is 23.3 Å². The predicted octanol–water partition coefficient (Wildman–Crippen LogP) is 6.43. The molecule has 2 aliphatic heterocycles. The van der Waals surface area contributed by atoms with Crippen LogP contribution in [0.2, 0.25) is 0 Å². The Balaban J connectivity index is 1.36. The van der Waals surface area contributed by atoms with Gasteiger partial charge in [-0.25, -0.2) is 18.4 Å². The number of amides is 2. The molecule has 58 heavy (non-hydrogen) atoms. The van der Waals surface area contributed by atoms with Crippen molar-refractivity contribution < 1.29 is 55.0 Å². The number of sulfonamides is 1. The summed E-state index contributed by atoms with van der Waals surface area (Å²) in [6, 6.07) is 2.03. The Morgan fingerprint density at radius 2 is 1.86 bits per heavy atom. The van der Waals surface area contributed by atoms with Crippen LogP contribution < -0.4 is 14.2 Å². The van der Waals surface area contributed by atoms with Crippen LogP contribution in [0.4, 0.5) is 13.2 Å². The SMILES string of the molecule is CC[C@@H]1C[C@H](C)CC/C=C\[C@@H]2C[C@@]2(C(=O)NS(=O)(=O)C2CC2)CC(=O)[C@@H]2C[C@@H](Oc3cc(OC)nc(-c4nccs4)c3)CN2C(=O)[C@H]1CC(=O)OC(C)(C)C(F)(F)F. The summed E-state index contributed by atoms with van der Waals surface area (Å²) in [4.78, 5) is 66.9. The van der Waals surface area contributed by atoms with Crippen LogP contribution in [0, 0.1) is 29.1 Å². The number of carbonyl (C=O) groups is 4. The first-order chi connectivity index (χ1) is 27.3. The molecule has 0 aromatic carbocycles. The number of hydrogen-bond donors (Lipinski definition) is 1. The Kier molecular flexibility index (Phi) is 12.7. The molecular weight excluding hydrogens is 802 g/mol. The number of ether oxygens (including phenoxy) is 3. The molecule has 1 saturated heterocycles. The number of aromatic nitrogens is 2. The maximum Gasteiger partial charge on any atom is 0.427 e. The van der Waals surface area contributed by atoms with Gasteiger partial charge >= 0.3 is 12.1 Å². The van der Waals surface area contributed by atoms with E-state index in [0.29, 0.717) is 55.0 Å². The number of allylic oxidation sites excluding steroid dienone is 2. The molecule has 0 unspecified atom stereocenters. The molecule has 6 rings (SSSR count). The number of alkyl halides is 3. The Morgan fingerprint density at radius 3 is 2.50 bits per heavy atom. The summed E-state index contributed by atoms with van der Waals surface area (Å²) in [5.74, 6) is -4.54. The molecule has 2 amide bonds. The van der Waals surface area contributed by atoms with Crippen molar-refractivity contribution in [2.75, 3.05) is 13.7 Å². The molecule has 0 spiro atoms. The van der Waals surface area contributed by atoms with Crippen LogP contribution in [0.1, 0.15) is 91.9 Å². The second kappa shape index (κ2) is 16.9. The summed E-state index contributed by atoms with van der Waals surface area (Å²) in [6.45, 7) is 5.20. The molecule has 0 radical (unpaired) electrons. The third-order valence-electron chi connectivity index (χ3n) is 11.9. The summed E-state index contributed by atoms with van der Waals surface area (Å²) in [6.07, 6.45) is 1.95. The van der Waals surface area contributed by atoms with E-state index in [1.807, 2.05) is 26.0 Å². The standard InChI is InChI=1S/C40H51F3N4O9S2/c1-6-24-15-23(2)9-7-8-10-25-20-39(25,37(51)46-58(52,53)28-11-12-28)21-32(48)31-17-27(55-26-16-30(35-44-13-14-57-35)45-33(18-26)54-5)22-47(31)36(50)29(24)19-34(49)56-38(3,4)40(41,42)43/h8,10,13-14,16,18,23-25,27-29,31H,6-7,9,11-12,15,17,19-22H2,1-5H3,(H,46,51)/b10-8-/t23-,24-,25-,27-,29+,31+,39-/m1/s1. The molecule has 2 aromatic heterocycles. The van der Waals surface area contributed by atoms with Crippen molar-refractivity contribution in [2.24, 2.45) is 29.1 Å². The lowest BCUT2D eigenvalue weighted by Gasteiger charge is -2.34. The number of pyridine rings is 1. The van der Waals surface area contributed by atoms with Gasteiger partial charge in [-0.1, -0.05) is 32.4 Å². The lowest BCUT2D eigenvalue weighted by molar-refractivity contribution is -0.257. The molecule has 3 fully saturated rings. The molecule has 13 nitrogen and oxygen atoms in total. The lowest BCUT2D eigenvalue weighted by Crippen LogP contribution is -2.48. The predicted molar refractivity (Wildman–Crippen MR) is 207 cm³/mol. The summed E-state index contributed by atoms with van der Waals surface area (Å²) in [7, 11) is -2.50. The lowest BCUT2D eigenvalue weighted by atomic mass is 9.79. The molecule has 4 aliphatic rings. The number of esters is 1. The van der Waals surface area contributed by atoms with Gasteiger partial charge in [-0.3, -0.25) is 23.9 Å². The number of rotatable bonds is 11. The summed E-state index contributed by atoms with van der Waals surface area (Å²) < 4.78 is 86.3. The highest BCUT2D eigenvalue weighted by Crippen LogP contribution is 2.57. The van der Waals surface area contributed by atoms with E-state index in [-0.39, 0.29) is 37.6 Å². The number of ketones is 1. The van der Waals surface area contributed by atoms with E-state index in [4.69, 9.17) is 14.2 Å². The topological polar surface area (TPSA) is 171 Å². The normalized spacial score (nSPS) is 29.0. The van der Waals surface area contributed by atoms with Gasteiger partial charge in [0.2, 0.25) is 33.3 Å². The van der Waals surface area contributed by atoms with Gasteiger partial charge in [0, 0.05) is 36.6 Å². The fourth-order valence-electron chi connectivity index (χ4n) is 8.11. The van der Waals surface area contributed by atoms with Crippen LogP contribution in [-0.2, 0) is 33.9 Å². The van der Waals surface area contributed by atoms with Gasteiger partial charge in [0.1, 0.15) is 22.6 Å². The number of fused-ring (bicyclic) bond motifs is 2. The van der Waals surface area contributed by atoms with E-state index in [9.17, 15) is 40.8 Å². The molecule has 0 bridgehead atoms. The molecule has 2 aliphatic carbocycles. The number of thiazole rings is 1. The zero-order chi connectivity index (χ0) is 42.2. The average molecular weight is 853 g/mol. The first kappa shape index (κ1) is 43.5. The minimum atomic E-state index is -4.87. The van der Waals surface area contributed by atoms with Crippen LogP contribution in [0.15, 0.2) is 35.9 Å². The average Bonchev–Trinajstić information content (AvgIpc) is 4.01. The maximum atomic E-state index is 14.9. The first-order valence-corrected chi connectivity index (χ1v) is 22.2. The van der Waals surface area contributed by atoms with Crippen molar-refractivity contribution in [3.05, 3.63) is 35.9 Å². The fourth-order valence-corrected chi connectivity index (χ4v) is 10.1. The van der Waals surface area contributed by atoms with Gasteiger partial charge in [0.15, 0.2) is 5.78 Å². The van der Waals surface area contributed by atoms with Gasteiger partial charge in [-0.15, -0.1) is 11.3 Å². The van der Waals surface area contributed by atoms with Gasteiger partial charge < -0.3 is 19.1 Å². The summed E-state index contributed by atoms with van der Waals surface area (Å²) in [5, 5.41) is 1.71. The van der Waals surface area contributed by atoms with Gasteiger partial charge in [0.05, 0.1) is 42.7 Å². The smallest absolute Gasteiger partial charge is 0.427 e. The van der Waals surface area contributed by atoms with Gasteiger partial charge in [-0.2, -0.15) is 13.2 Å². The quantitative estimate of drug-likeness (QED) is 0.195. The number of nitrogens with zero attached hydrogens (tertiary/aromatic N) is 3. The second-order valence-electron chi connectivity index (χ2n) is 16.6. The zero-order valence-corrected chi connectivity index (χ0v) is 34.9. The molecule has 2 saturated carbocycles. The van der Waals surface area contributed by atoms with E-state index in [0.717, 1.165) is 13.8 Å². The third-order valence-corrected chi connectivity index (χ3v) is 14.5.